The fourth-order valence-corrected chi connectivity index (χ4v) is 12.3. The summed E-state index contributed by atoms with van der Waals surface area (Å²) < 4.78 is 91.3. The summed E-state index contributed by atoms with van der Waals surface area (Å²) in [4.78, 5) is 38.2. The van der Waals surface area contributed by atoms with Crippen molar-refractivity contribution in [3.05, 3.63) is 384 Å². The second-order valence-corrected chi connectivity index (χ2v) is 29.1. The van der Waals surface area contributed by atoms with Crippen molar-refractivity contribution in [3.8, 4) is 46.5 Å². The number of hydrogen-bond donors (Lipinski definition) is 0. The molecule has 16 aromatic rings. The van der Waals surface area contributed by atoms with Gasteiger partial charge in [-0.15, -0.1) is 120 Å². The van der Waals surface area contributed by atoms with Gasteiger partial charge in [-0.1, -0.05) is 174 Å². The molecule has 0 aliphatic heterocycles. The van der Waals surface area contributed by atoms with Crippen LogP contribution in [0.3, 0.4) is 0 Å². The van der Waals surface area contributed by atoms with Crippen molar-refractivity contribution in [1.82, 2.24) is 76.4 Å². The predicted octanol–water partition coefficient (Wildman–Crippen LogP) is 19.2. The average Bonchev–Trinajstić information content (AvgIpc) is 1.42. The second-order valence-electron chi connectivity index (χ2n) is 29.1. The minimum Gasteiger partial charge on any atom is -0.436 e. The van der Waals surface area contributed by atoms with Gasteiger partial charge in [0.15, 0.2) is 0 Å². The molecule has 16 aromatic heterocycles. The molecule has 0 spiro atoms. The van der Waals surface area contributed by atoms with Crippen LogP contribution in [-0.4, -0.2) is 76.4 Å². The van der Waals surface area contributed by atoms with Crippen molar-refractivity contribution in [2.75, 3.05) is 0 Å². The first-order valence-corrected chi connectivity index (χ1v) is 35.9. The van der Waals surface area contributed by atoms with Crippen molar-refractivity contribution in [1.29, 1.82) is 0 Å². The molecular formula is C90H78F6N16Pt4. The fourth-order valence-electron chi connectivity index (χ4n) is 12.3. The Hall–Kier alpha value is -10.2. The van der Waals surface area contributed by atoms with Gasteiger partial charge >= 0.3 is 96.6 Å². The van der Waals surface area contributed by atoms with E-state index in [1.54, 1.807) is 36.4 Å². The number of pyridine rings is 8. The van der Waals surface area contributed by atoms with E-state index < -0.39 is 28.9 Å². The summed E-state index contributed by atoms with van der Waals surface area (Å²) in [5.74, 6) is 5.62. The van der Waals surface area contributed by atoms with Gasteiger partial charge in [0.2, 0.25) is 0 Å². The van der Waals surface area contributed by atoms with E-state index in [4.69, 9.17) is 29.9 Å². The molecular weight excluding hydrogens is 2200 g/mol. The van der Waals surface area contributed by atoms with E-state index in [9.17, 15) is 26.3 Å². The molecule has 16 nitrogen and oxygen atoms in total. The summed E-state index contributed by atoms with van der Waals surface area (Å²) in [7, 11) is 0. The van der Waals surface area contributed by atoms with Crippen LogP contribution in [0.2, 0.25) is 0 Å². The third kappa shape index (κ3) is 20.8. The average molecular weight is 2280 g/mol. The van der Waals surface area contributed by atoms with Crippen molar-refractivity contribution in [2.45, 2.75) is 117 Å². The molecule has 0 aromatic carbocycles. The van der Waals surface area contributed by atoms with Gasteiger partial charge in [0, 0.05) is 67.2 Å². The van der Waals surface area contributed by atoms with Gasteiger partial charge in [-0.3, -0.25) is 39.9 Å². The van der Waals surface area contributed by atoms with E-state index in [2.05, 4.69) is 153 Å². The zero-order valence-electron chi connectivity index (χ0n) is 64.9. The summed E-state index contributed by atoms with van der Waals surface area (Å²) >= 11 is 0. The van der Waals surface area contributed by atoms with Crippen LogP contribution in [0.15, 0.2) is 256 Å². The number of alkyl halides is 6. The van der Waals surface area contributed by atoms with Crippen molar-refractivity contribution < 1.29 is 111 Å². The van der Waals surface area contributed by atoms with E-state index in [1.165, 1.54) is 0 Å². The van der Waals surface area contributed by atoms with Gasteiger partial charge in [0.05, 0.1) is 46.5 Å². The normalized spacial score (nSPS) is 11.6. The van der Waals surface area contributed by atoms with Crippen molar-refractivity contribution in [3.63, 3.8) is 0 Å². The van der Waals surface area contributed by atoms with Gasteiger partial charge in [0.1, 0.15) is 0 Å². The smallest absolute Gasteiger partial charge is 0.436 e. The van der Waals surface area contributed by atoms with Crippen LogP contribution in [0, 0.1) is 77.3 Å². The zero-order valence-corrected chi connectivity index (χ0v) is 74.0. The van der Waals surface area contributed by atoms with Crippen LogP contribution in [0.1, 0.15) is 134 Å². The van der Waals surface area contributed by atoms with Crippen LogP contribution < -0.4 is 0 Å². The maximum atomic E-state index is 12.9. The predicted molar refractivity (Wildman–Crippen MR) is 417 cm³/mol. The molecule has 0 saturated carbocycles. The largest absolute Gasteiger partial charge is 2.00 e. The number of nitrogens with zero attached hydrogens (tertiary/aromatic N) is 16. The molecule has 0 N–H and O–H groups in total. The molecule has 0 atom stereocenters. The quantitative estimate of drug-likeness (QED) is 0.0687. The summed E-state index contributed by atoms with van der Waals surface area (Å²) in [5.41, 5.74) is 7.97. The molecule has 16 rings (SSSR count). The SMILES string of the molecule is CC(C)(c1cccc(-n2[c-]cc(C(F)(F)F)c2)n1)c1cccc(-n2[c-]cc(C(F)(F)F)c2)n1.CC(C)(c1cccc(-n2[c-]ccc2)n1)c1cccc(-n2[c-]ccc2)n1.Cc1c[c-]n(-c2cccc(C(C)(C)c3cccc(-n4[c-]cc(C)c4)n3)n2)c1.Cc1c[c-]n(-c2cccc(C(C)(C)c3cccc(-n4[c-]cc(C)c4)n3)n2)c1.[Pt+2].[Pt+2].[Pt+2].[Pt+2]. The van der Waals surface area contributed by atoms with Gasteiger partial charge in [0.25, 0.3) is 0 Å². The Bertz CT molecular complexity index is 5350. The molecule has 0 saturated heterocycles. The van der Waals surface area contributed by atoms with Crippen LogP contribution >= 0.6 is 0 Å². The maximum Gasteiger partial charge on any atom is 2.00 e. The Balaban J connectivity index is 0.000000176. The van der Waals surface area contributed by atoms with E-state index >= 15 is 0 Å². The minimum absolute atomic E-state index is 0. The second kappa shape index (κ2) is 37.4. The number of aryl methyl sites for hydroxylation is 4. The number of rotatable bonds is 16. The van der Waals surface area contributed by atoms with Gasteiger partial charge in [-0.25, -0.2) is 0 Å². The van der Waals surface area contributed by atoms with Crippen LogP contribution in [0.4, 0.5) is 26.3 Å². The molecule has 0 unspecified atom stereocenters. The molecule has 600 valence electrons. The van der Waals surface area contributed by atoms with Crippen molar-refractivity contribution in [2.24, 2.45) is 0 Å². The monoisotopic (exact) mass is 2280 g/mol. The summed E-state index contributed by atoms with van der Waals surface area (Å²) in [5, 5.41) is 0. The molecule has 0 radical (unpaired) electrons. The zero-order chi connectivity index (χ0) is 79.3. The number of hydrogen-bond acceptors (Lipinski definition) is 8. The standard InChI is InChI=1S/C23H16F6N4.2C23H22N4.C21H18N4.4Pt/c1-21(2,17-5-3-7-19(30-17)32-11-9-15(13-32)22(24,25)26)18-6-4-8-20(31-18)33-12-10-16(14-33)23(27,28)29;2*1-17-11-13-26(15-17)21-9-5-7-19(24-21)23(3,4)20-8-6-10-22(25-20)27-14-12-18(2)16-27;1-21(2,17-9-7-11-19(22-17)24-13-3-4-14-24)18-10-8-12-20(23-18)25-15-5-6-16-25;;;;/h3-10,13-14H,1-2H3;2*5-12,15-16H,1-4H3;3-13,15H,1-2H3;;;;/q4*-2;4*+2. The molecule has 0 fully saturated rings. The Morgan fingerprint density at radius 3 is 0.569 bits per heavy atom. The van der Waals surface area contributed by atoms with Crippen LogP contribution in [0.25, 0.3) is 46.5 Å². The van der Waals surface area contributed by atoms with Gasteiger partial charge in [-0.05, 0) is 115 Å². The number of halogens is 6. The third-order valence-corrected chi connectivity index (χ3v) is 19.0. The minimum atomic E-state index is -4.50. The van der Waals surface area contributed by atoms with Crippen molar-refractivity contribution >= 4 is 0 Å². The number of aromatic nitrogens is 16. The summed E-state index contributed by atoms with van der Waals surface area (Å²) in [6.45, 7) is 24.7. The molecule has 116 heavy (non-hydrogen) atoms. The Labute approximate surface area is 729 Å². The Morgan fingerprint density at radius 1 is 0.233 bits per heavy atom. The first-order chi connectivity index (χ1) is 53.4. The molecule has 0 bridgehead atoms. The van der Waals surface area contributed by atoms with Crippen LogP contribution in [-0.2, 0) is 118 Å². The third-order valence-electron chi connectivity index (χ3n) is 19.0. The Morgan fingerprint density at radius 2 is 0.414 bits per heavy atom. The molecule has 26 heteroatoms. The topological polar surface area (TPSA) is 143 Å². The van der Waals surface area contributed by atoms with Crippen LogP contribution in [0.5, 0.6) is 0 Å². The molecule has 0 amide bonds. The Kier molecular flexibility index (Phi) is 28.9. The molecule has 0 aliphatic rings. The van der Waals surface area contributed by atoms with Gasteiger partial charge in [-0.2, -0.15) is 38.5 Å². The van der Waals surface area contributed by atoms with E-state index in [1.807, 2.05) is 212 Å². The maximum absolute atomic E-state index is 12.9. The van der Waals surface area contributed by atoms with E-state index in [-0.39, 0.29) is 112 Å². The molecule has 0 aliphatic carbocycles. The summed E-state index contributed by atoms with van der Waals surface area (Å²) in [6.07, 6.45) is 28.9. The van der Waals surface area contributed by atoms with Gasteiger partial charge < -0.3 is 36.5 Å². The van der Waals surface area contributed by atoms with E-state index in [0.29, 0.717) is 11.4 Å². The van der Waals surface area contributed by atoms with E-state index in [0.717, 1.165) is 125 Å². The fraction of sp³-hybridized carbons (Fsp3) is 0.200. The first-order valence-electron chi connectivity index (χ1n) is 35.9. The first kappa shape index (κ1) is 89.7. The summed E-state index contributed by atoms with van der Waals surface area (Å²) in [6, 6.07) is 63.4. The molecule has 16 heterocycles.